The lowest BCUT2D eigenvalue weighted by Crippen LogP contribution is -2.44. The highest BCUT2D eigenvalue weighted by molar-refractivity contribution is 5.82. The minimum atomic E-state index is 0.0440. The highest BCUT2D eigenvalue weighted by Crippen LogP contribution is 2.19. The van der Waals surface area contributed by atoms with Crippen molar-refractivity contribution < 1.29 is 4.79 Å². The summed E-state index contributed by atoms with van der Waals surface area (Å²) in [4.78, 5) is 14.4. The van der Waals surface area contributed by atoms with Crippen LogP contribution in [0, 0.1) is 11.8 Å². The number of nitrogens with one attached hydrogen (secondary N) is 2. The van der Waals surface area contributed by atoms with E-state index in [4.69, 9.17) is 0 Å². The van der Waals surface area contributed by atoms with Gasteiger partial charge in [-0.15, -0.1) is 0 Å². The van der Waals surface area contributed by atoms with Crippen molar-refractivity contribution >= 4 is 5.91 Å². The van der Waals surface area contributed by atoms with Crippen molar-refractivity contribution in [2.75, 3.05) is 33.2 Å². The Kier molecular flexibility index (Phi) is 5.01. The van der Waals surface area contributed by atoms with Crippen LogP contribution in [-0.2, 0) is 4.79 Å². The van der Waals surface area contributed by atoms with Gasteiger partial charge in [0.2, 0.25) is 5.91 Å². The number of rotatable bonds is 4. The second kappa shape index (κ2) is 6.53. The van der Waals surface area contributed by atoms with Gasteiger partial charge in [-0.1, -0.05) is 6.92 Å². The first-order valence-corrected chi connectivity index (χ1v) is 7.36. The smallest absolute Gasteiger partial charge is 0.237 e. The Bertz CT molecular complexity index is 274. The standard InChI is InChI=1S/C14H27N3O/c1-11-3-7-15-13(11)14(18)16-8-4-12-5-9-17(2)10-6-12/h11-13,15H,3-10H2,1-2H3,(H,16,18). The number of carbonyl (C=O) groups excluding carboxylic acids is 1. The van der Waals surface area contributed by atoms with Crippen molar-refractivity contribution in [3.8, 4) is 0 Å². The Morgan fingerprint density at radius 3 is 2.67 bits per heavy atom. The molecule has 2 fully saturated rings. The van der Waals surface area contributed by atoms with Crippen molar-refractivity contribution in [2.45, 2.75) is 38.6 Å². The fourth-order valence-electron chi connectivity index (χ4n) is 3.05. The van der Waals surface area contributed by atoms with Crippen LogP contribution in [0.15, 0.2) is 0 Å². The van der Waals surface area contributed by atoms with Gasteiger partial charge in [-0.2, -0.15) is 0 Å². The first kappa shape index (κ1) is 13.8. The average molecular weight is 253 g/mol. The molecule has 2 rings (SSSR count). The van der Waals surface area contributed by atoms with Crippen LogP contribution in [-0.4, -0.2) is 50.1 Å². The Morgan fingerprint density at radius 1 is 1.33 bits per heavy atom. The molecule has 2 saturated heterocycles. The van der Waals surface area contributed by atoms with E-state index in [1.165, 1.54) is 25.9 Å². The lowest BCUT2D eigenvalue weighted by molar-refractivity contribution is -0.123. The number of carbonyl (C=O) groups is 1. The molecule has 2 heterocycles. The molecule has 2 aliphatic rings. The summed E-state index contributed by atoms with van der Waals surface area (Å²) in [6.45, 7) is 6.40. The van der Waals surface area contributed by atoms with Crippen LogP contribution in [0.5, 0.6) is 0 Å². The van der Waals surface area contributed by atoms with Crippen molar-refractivity contribution in [1.29, 1.82) is 0 Å². The molecule has 0 spiro atoms. The summed E-state index contributed by atoms with van der Waals surface area (Å²) in [5.74, 6) is 1.48. The summed E-state index contributed by atoms with van der Waals surface area (Å²) in [6, 6.07) is 0.0440. The van der Waals surface area contributed by atoms with E-state index in [0.717, 1.165) is 31.8 Å². The van der Waals surface area contributed by atoms with E-state index >= 15 is 0 Å². The molecule has 0 radical (unpaired) electrons. The quantitative estimate of drug-likeness (QED) is 0.780. The van der Waals surface area contributed by atoms with Crippen molar-refractivity contribution in [1.82, 2.24) is 15.5 Å². The second-order valence-electron chi connectivity index (χ2n) is 6.02. The SMILES string of the molecule is CC1CCNC1C(=O)NCCC1CCN(C)CC1. The largest absolute Gasteiger partial charge is 0.355 e. The molecule has 0 saturated carbocycles. The Morgan fingerprint density at radius 2 is 2.06 bits per heavy atom. The number of likely N-dealkylation sites (tertiary alicyclic amines) is 1. The van der Waals surface area contributed by atoms with E-state index in [9.17, 15) is 4.79 Å². The average Bonchev–Trinajstić information content (AvgIpc) is 2.78. The molecule has 2 aliphatic heterocycles. The molecule has 0 aliphatic carbocycles. The van der Waals surface area contributed by atoms with E-state index in [2.05, 4.69) is 29.5 Å². The molecule has 0 bridgehead atoms. The van der Waals surface area contributed by atoms with Crippen LogP contribution in [0.2, 0.25) is 0 Å². The second-order valence-corrected chi connectivity index (χ2v) is 6.02. The predicted molar refractivity (Wildman–Crippen MR) is 73.4 cm³/mol. The van der Waals surface area contributed by atoms with Crippen LogP contribution in [0.4, 0.5) is 0 Å². The molecule has 0 aromatic carbocycles. The Balaban J connectivity index is 1.61. The number of amides is 1. The van der Waals surface area contributed by atoms with Crippen LogP contribution >= 0.6 is 0 Å². The molecule has 1 amide bonds. The maximum atomic E-state index is 12.0. The molecule has 18 heavy (non-hydrogen) atoms. The van der Waals surface area contributed by atoms with E-state index in [1.807, 2.05) is 0 Å². The third-order valence-corrected chi connectivity index (χ3v) is 4.51. The maximum Gasteiger partial charge on any atom is 0.237 e. The van der Waals surface area contributed by atoms with E-state index < -0.39 is 0 Å². The van der Waals surface area contributed by atoms with E-state index in [0.29, 0.717) is 5.92 Å². The zero-order valence-electron chi connectivity index (χ0n) is 11.7. The van der Waals surface area contributed by atoms with Gasteiger partial charge in [0.25, 0.3) is 0 Å². The normalized spacial score (nSPS) is 30.6. The molecule has 4 nitrogen and oxygen atoms in total. The zero-order valence-corrected chi connectivity index (χ0v) is 11.7. The van der Waals surface area contributed by atoms with Crippen molar-refractivity contribution in [2.24, 2.45) is 11.8 Å². The summed E-state index contributed by atoms with van der Waals surface area (Å²) in [7, 11) is 2.19. The highest BCUT2D eigenvalue weighted by atomic mass is 16.2. The molecule has 104 valence electrons. The zero-order chi connectivity index (χ0) is 13.0. The summed E-state index contributed by atoms with van der Waals surface area (Å²) in [6.07, 6.45) is 4.82. The first-order chi connectivity index (χ1) is 8.66. The van der Waals surface area contributed by atoms with Gasteiger partial charge >= 0.3 is 0 Å². The van der Waals surface area contributed by atoms with E-state index in [1.54, 1.807) is 0 Å². The first-order valence-electron chi connectivity index (χ1n) is 7.36. The van der Waals surface area contributed by atoms with Gasteiger partial charge < -0.3 is 15.5 Å². The van der Waals surface area contributed by atoms with Gasteiger partial charge in [0.15, 0.2) is 0 Å². The Labute approximate surface area is 110 Å². The highest BCUT2D eigenvalue weighted by Gasteiger charge is 2.28. The minimum Gasteiger partial charge on any atom is -0.355 e. The molecule has 2 N–H and O–H groups in total. The predicted octanol–water partition coefficient (Wildman–Crippen LogP) is 0.833. The Hall–Kier alpha value is -0.610. The summed E-state index contributed by atoms with van der Waals surface area (Å²) in [5.41, 5.74) is 0. The van der Waals surface area contributed by atoms with Gasteiger partial charge in [0.1, 0.15) is 0 Å². The lowest BCUT2D eigenvalue weighted by atomic mass is 9.94. The lowest BCUT2D eigenvalue weighted by Gasteiger charge is -2.29. The van der Waals surface area contributed by atoms with Crippen LogP contribution < -0.4 is 10.6 Å². The van der Waals surface area contributed by atoms with Crippen LogP contribution in [0.3, 0.4) is 0 Å². The fourth-order valence-corrected chi connectivity index (χ4v) is 3.05. The van der Waals surface area contributed by atoms with Gasteiger partial charge in [0.05, 0.1) is 6.04 Å². The fraction of sp³-hybridized carbons (Fsp3) is 0.929. The van der Waals surface area contributed by atoms with Crippen LogP contribution in [0.1, 0.15) is 32.6 Å². The number of nitrogens with zero attached hydrogens (tertiary/aromatic N) is 1. The van der Waals surface area contributed by atoms with Gasteiger partial charge in [-0.3, -0.25) is 4.79 Å². The summed E-state index contributed by atoms with van der Waals surface area (Å²) < 4.78 is 0. The van der Waals surface area contributed by atoms with E-state index in [-0.39, 0.29) is 11.9 Å². The maximum absolute atomic E-state index is 12.0. The third-order valence-electron chi connectivity index (χ3n) is 4.51. The number of hydrogen-bond acceptors (Lipinski definition) is 3. The van der Waals surface area contributed by atoms with Gasteiger partial charge in [-0.05, 0) is 64.2 Å². The molecule has 2 atom stereocenters. The molecular formula is C14H27N3O. The monoisotopic (exact) mass is 253 g/mol. The topological polar surface area (TPSA) is 44.4 Å². The molecular weight excluding hydrogens is 226 g/mol. The molecule has 0 aromatic heterocycles. The molecule has 0 aromatic rings. The number of piperidine rings is 1. The van der Waals surface area contributed by atoms with Gasteiger partial charge in [-0.25, -0.2) is 0 Å². The van der Waals surface area contributed by atoms with Crippen molar-refractivity contribution in [3.05, 3.63) is 0 Å². The minimum absolute atomic E-state index is 0.0440. The van der Waals surface area contributed by atoms with Gasteiger partial charge in [0, 0.05) is 6.54 Å². The third kappa shape index (κ3) is 3.69. The van der Waals surface area contributed by atoms with Crippen molar-refractivity contribution in [3.63, 3.8) is 0 Å². The van der Waals surface area contributed by atoms with Crippen LogP contribution in [0.25, 0.3) is 0 Å². The number of hydrogen-bond donors (Lipinski definition) is 2. The summed E-state index contributed by atoms with van der Waals surface area (Å²) >= 11 is 0. The molecule has 4 heteroatoms. The summed E-state index contributed by atoms with van der Waals surface area (Å²) in [5, 5.41) is 6.38. The molecule has 2 unspecified atom stereocenters.